The lowest BCUT2D eigenvalue weighted by atomic mass is 9.89. The number of nitrogens with one attached hydrogen (secondary N) is 2. The molecule has 0 radical (unpaired) electrons. The molecule has 0 unspecified atom stereocenters. The molecule has 1 aliphatic heterocycles. The molecule has 3 aromatic carbocycles. The van der Waals surface area contributed by atoms with Gasteiger partial charge in [-0.1, -0.05) is 48.5 Å². The molecule has 0 spiro atoms. The first-order chi connectivity index (χ1) is 17.4. The summed E-state index contributed by atoms with van der Waals surface area (Å²) in [5.41, 5.74) is 3.96. The van der Waals surface area contributed by atoms with E-state index >= 15 is 0 Å². The second-order valence-electron chi connectivity index (χ2n) is 9.24. The first-order valence-corrected chi connectivity index (χ1v) is 13.6. The standard InChI is InChI=1S/C28H29N3O4S/c32-28(33)27(18-22-19-29-26-9-5-4-8-25(22)26)30-36(34,35)24-12-10-23(11-13-24)31-16-14-21(15-17-31)20-6-2-1-3-7-20/h1-13,19,21,27,29-30H,14-18H2,(H,32,33)/t27-/m0/s1. The molecule has 4 aromatic rings. The first-order valence-electron chi connectivity index (χ1n) is 12.1. The lowest BCUT2D eigenvalue weighted by Gasteiger charge is -2.34. The van der Waals surface area contributed by atoms with Crippen molar-refractivity contribution in [1.82, 2.24) is 9.71 Å². The van der Waals surface area contributed by atoms with Crippen LogP contribution in [0.2, 0.25) is 0 Å². The van der Waals surface area contributed by atoms with E-state index in [0.29, 0.717) is 5.92 Å². The van der Waals surface area contributed by atoms with Crippen LogP contribution in [0.15, 0.2) is 90.0 Å². The molecule has 1 aromatic heterocycles. The van der Waals surface area contributed by atoms with Gasteiger partial charge < -0.3 is 15.0 Å². The van der Waals surface area contributed by atoms with Gasteiger partial charge in [0.2, 0.25) is 10.0 Å². The Bertz CT molecular complexity index is 1440. The minimum atomic E-state index is -4.01. The van der Waals surface area contributed by atoms with Crippen LogP contribution in [0.5, 0.6) is 0 Å². The number of aliphatic carboxylic acids is 1. The smallest absolute Gasteiger partial charge is 0.322 e. The van der Waals surface area contributed by atoms with Crippen LogP contribution in [0.4, 0.5) is 5.69 Å². The van der Waals surface area contributed by atoms with Gasteiger partial charge >= 0.3 is 5.97 Å². The van der Waals surface area contributed by atoms with E-state index in [0.717, 1.165) is 48.1 Å². The first kappa shape index (κ1) is 24.1. The number of carbonyl (C=O) groups is 1. The van der Waals surface area contributed by atoms with Crippen LogP contribution in [-0.4, -0.2) is 43.6 Å². The molecule has 7 nitrogen and oxygen atoms in total. The summed E-state index contributed by atoms with van der Waals surface area (Å²) < 4.78 is 28.4. The molecule has 8 heteroatoms. The minimum Gasteiger partial charge on any atom is -0.480 e. The molecule has 5 rings (SSSR count). The Balaban J connectivity index is 1.25. The van der Waals surface area contributed by atoms with Gasteiger partial charge in [0, 0.05) is 42.3 Å². The number of carboxylic acid groups (broad SMARTS) is 1. The maximum atomic E-state index is 13.0. The number of rotatable bonds is 8. The Kier molecular flexibility index (Phi) is 6.80. The lowest BCUT2D eigenvalue weighted by molar-refractivity contribution is -0.138. The lowest BCUT2D eigenvalue weighted by Crippen LogP contribution is -2.42. The number of hydrogen-bond donors (Lipinski definition) is 3. The zero-order valence-electron chi connectivity index (χ0n) is 19.8. The molecule has 0 aliphatic carbocycles. The summed E-state index contributed by atoms with van der Waals surface area (Å²) in [5, 5.41) is 10.6. The predicted molar refractivity (Wildman–Crippen MR) is 141 cm³/mol. The van der Waals surface area contributed by atoms with Crippen molar-refractivity contribution < 1.29 is 18.3 Å². The van der Waals surface area contributed by atoms with E-state index < -0.39 is 22.0 Å². The van der Waals surface area contributed by atoms with Gasteiger partial charge in [-0.25, -0.2) is 8.42 Å². The molecule has 2 heterocycles. The van der Waals surface area contributed by atoms with Crippen LogP contribution in [0.3, 0.4) is 0 Å². The molecule has 0 bridgehead atoms. The maximum absolute atomic E-state index is 13.0. The Labute approximate surface area is 210 Å². The molecular weight excluding hydrogens is 474 g/mol. The van der Waals surface area contributed by atoms with Gasteiger partial charge in [0.25, 0.3) is 0 Å². The number of aromatic nitrogens is 1. The minimum absolute atomic E-state index is 0.0347. The number of piperidine rings is 1. The van der Waals surface area contributed by atoms with Gasteiger partial charge in [-0.15, -0.1) is 0 Å². The van der Waals surface area contributed by atoms with Crippen molar-refractivity contribution in [2.75, 3.05) is 18.0 Å². The number of carboxylic acids is 1. The fraction of sp³-hybridized carbons (Fsp3) is 0.250. The second-order valence-corrected chi connectivity index (χ2v) is 11.0. The summed E-state index contributed by atoms with van der Waals surface area (Å²) in [6, 6.07) is 23.5. The summed E-state index contributed by atoms with van der Waals surface area (Å²) in [5.74, 6) is -0.682. The highest BCUT2D eigenvalue weighted by Crippen LogP contribution is 2.30. The van der Waals surface area contributed by atoms with Gasteiger partial charge in [0.05, 0.1) is 4.90 Å². The third-order valence-corrected chi connectivity index (χ3v) is 8.46. The van der Waals surface area contributed by atoms with Crippen LogP contribution >= 0.6 is 0 Å². The van der Waals surface area contributed by atoms with E-state index in [-0.39, 0.29) is 11.3 Å². The number of hydrogen-bond acceptors (Lipinski definition) is 4. The molecule has 1 atom stereocenters. The van der Waals surface area contributed by atoms with E-state index in [4.69, 9.17) is 0 Å². The number of anilines is 1. The zero-order chi connectivity index (χ0) is 25.1. The highest BCUT2D eigenvalue weighted by Gasteiger charge is 2.27. The van der Waals surface area contributed by atoms with Gasteiger partial charge in [-0.3, -0.25) is 4.79 Å². The highest BCUT2D eigenvalue weighted by atomic mass is 32.2. The van der Waals surface area contributed by atoms with Gasteiger partial charge in [0.15, 0.2) is 0 Å². The van der Waals surface area contributed by atoms with Crippen LogP contribution in [-0.2, 0) is 21.2 Å². The van der Waals surface area contributed by atoms with E-state index in [9.17, 15) is 18.3 Å². The Morgan fingerprint density at radius 1 is 0.972 bits per heavy atom. The maximum Gasteiger partial charge on any atom is 0.322 e. The van der Waals surface area contributed by atoms with Gasteiger partial charge in [-0.05, 0) is 60.2 Å². The molecule has 0 amide bonds. The van der Waals surface area contributed by atoms with Gasteiger partial charge in [0.1, 0.15) is 6.04 Å². The molecule has 36 heavy (non-hydrogen) atoms. The third kappa shape index (κ3) is 5.15. The van der Waals surface area contributed by atoms with Crippen LogP contribution in [0.25, 0.3) is 10.9 Å². The predicted octanol–water partition coefficient (Wildman–Crippen LogP) is 4.53. The van der Waals surface area contributed by atoms with E-state index in [1.54, 1.807) is 30.5 Å². The monoisotopic (exact) mass is 503 g/mol. The molecule has 3 N–H and O–H groups in total. The summed E-state index contributed by atoms with van der Waals surface area (Å²) >= 11 is 0. The quantitative estimate of drug-likeness (QED) is 0.328. The molecule has 1 saturated heterocycles. The third-order valence-electron chi connectivity index (χ3n) is 6.97. The van der Waals surface area contributed by atoms with Crippen molar-refractivity contribution in [1.29, 1.82) is 0 Å². The number of nitrogens with zero attached hydrogens (tertiary/aromatic N) is 1. The van der Waals surface area contributed by atoms with Crippen LogP contribution < -0.4 is 9.62 Å². The number of H-pyrrole nitrogens is 1. The van der Waals surface area contributed by atoms with E-state index in [2.05, 4.69) is 38.9 Å². The highest BCUT2D eigenvalue weighted by molar-refractivity contribution is 7.89. The second kappa shape index (κ2) is 10.2. The van der Waals surface area contributed by atoms with Crippen molar-refractivity contribution in [3.63, 3.8) is 0 Å². The number of benzene rings is 3. The summed E-state index contributed by atoms with van der Waals surface area (Å²) in [6.07, 6.45) is 3.84. The average molecular weight is 504 g/mol. The molecule has 0 saturated carbocycles. The fourth-order valence-corrected chi connectivity index (χ4v) is 6.18. The van der Waals surface area contributed by atoms with Crippen molar-refractivity contribution in [3.05, 3.63) is 96.2 Å². The topological polar surface area (TPSA) is 102 Å². The summed E-state index contributed by atoms with van der Waals surface area (Å²) in [4.78, 5) is 17.3. The molecule has 1 aliphatic rings. The van der Waals surface area contributed by atoms with Crippen molar-refractivity contribution >= 4 is 32.6 Å². The number of fused-ring (bicyclic) bond motifs is 1. The van der Waals surface area contributed by atoms with Crippen molar-refractivity contribution in [2.45, 2.75) is 36.1 Å². The number of para-hydroxylation sites is 1. The average Bonchev–Trinajstić information content (AvgIpc) is 3.32. The molecule has 186 valence electrons. The van der Waals surface area contributed by atoms with Crippen LogP contribution in [0, 0.1) is 0 Å². The SMILES string of the molecule is O=C(O)[C@H](Cc1c[nH]c2ccccc12)NS(=O)(=O)c1ccc(N2CCC(c3ccccc3)CC2)cc1. The summed E-state index contributed by atoms with van der Waals surface area (Å²) in [7, 11) is -4.01. The fourth-order valence-electron chi connectivity index (χ4n) is 4.99. The van der Waals surface area contributed by atoms with Crippen molar-refractivity contribution in [2.24, 2.45) is 0 Å². The van der Waals surface area contributed by atoms with E-state index in [1.165, 1.54) is 5.56 Å². The number of sulfonamides is 1. The Morgan fingerprint density at radius 2 is 1.64 bits per heavy atom. The molecule has 1 fully saturated rings. The zero-order valence-corrected chi connectivity index (χ0v) is 20.6. The largest absolute Gasteiger partial charge is 0.480 e. The van der Waals surface area contributed by atoms with E-state index in [1.807, 2.05) is 30.3 Å². The normalized spacial score (nSPS) is 15.7. The summed E-state index contributed by atoms with van der Waals surface area (Å²) in [6.45, 7) is 1.80. The Morgan fingerprint density at radius 3 is 2.33 bits per heavy atom. The molecular formula is C28H29N3O4S. The van der Waals surface area contributed by atoms with Crippen molar-refractivity contribution in [3.8, 4) is 0 Å². The number of aromatic amines is 1. The van der Waals surface area contributed by atoms with Gasteiger partial charge in [-0.2, -0.15) is 4.72 Å². The van der Waals surface area contributed by atoms with Crippen LogP contribution in [0.1, 0.15) is 29.9 Å². The Hall–Kier alpha value is -3.62.